The number of anilines is 1. The van der Waals surface area contributed by atoms with Crippen molar-refractivity contribution in [2.75, 3.05) is 4.72 Å². The van der Waals surface area contributed by atoms with Gasteiger partial charge in [-0.1, -0.05) is 46.9 Å². The van der Waals surface area contributed by atoms with E-state index in [9.17, 15) is 8.42 Å². The molecule has 3 rings (SSSR count). The fourth-order valence-corrected chi connectivity index (χ4v) is 4.07. The zero-order valence-corrected chi connectivity index (χ0v) is 15.7. The summed E-state index contributed by atoms with van der Waals surface area (Å²) in [5, 5.41) is 1.20. The zero-order chi connectivity index (χ0) is 18.0. The highest BCUT2D eigenvalue weighted by molar-refractivity contribution is 7.92. The van der Waals surface area contributed by atoms with Crippen LogP contribution in [0.25, 0.3) is 11.1 Å². The molecule has 0 amide bonds. The van der Waals surface area contributed by atoms with Crippen molar-refractivity contribution < 1.29 is 8.42 Å². The highest BCUT2D eigenvalue weighted by Gasteiger charge is 2.18. The van der Waals surface area contributed by atoms with Crippen molar-refractivity contribution in [1.29, 1.82) is 0 Å². The molecule has 128 valence electrons. The molecule has 0 aliphatic carbocycles. The lowest BCUT2D eigenvalue weighted by Crippen LogP contribution is -2.14. The van der Waals surface area contributed by atoms with Gasteiger partial charge in [0.05, 0.1) is 9.92 Å². The Labute approximate surface area is 160 Å². The summed E-state index contributed by atoms with van der Waals surface area (Å²) in [6.45, 7) is 0. The fraction of sp³-hybridized carbons (Fsp3) is 0. The van der Waals surface area contributed by atoms with Gasteiger partial charge in [0.1, 0.15) is 5.82 Å². The van der Waals surface area contributed by atoms with Gasteiger partial charge in [-0.25, -0.2) is 13.4 Å². The van der Waals surface area contributed by atoms with Crippen LogP contribution < -0.4 is 4.72 Å². The summed E-state index contributed by atoms with van der Waals surface area (Å²) < 4.78 is 27.7. The van der Waals surface area contributed by atoms with Gasteiger partial charge in [-0.15, -0.1) is 0 Å². The van der Waals surface area contributed by atoms with Crippen LogP contribution in [0.2, 0.25) is 15.1 Å². The monoisotopic (exact) mass is 412 g/mol. The first-order valence-electron chi connectivity index (χ1n) is 7.06. The number of hydrogen-bond acceptors (Lipinski definition) is 3. The molecule has 0 atom stereocenters. The second kappa shape index (κ2) is 7.22. The smallest absolute Gasteiger partial charge is 0.263 e. The highest BCUT2D eigenvalue weighted by Crippen LogP contribution is 2.34. The number of rotatable bonds is 4. The van der Waals surface area contributed by atoms with Crippen LogP contribution in [-0.2, 0) is 10.0 Å². The molecular weight excluding hydrogens is 403 g/mol. The van der Waals surface area contributed by atoms with E-state index in [1.807, 2.05) is 0 Å². The summed E-state index contributed by atoms with van der Waals surface area (Å²) >= 11 is 18.0. The van der Waals surface area contributed by atoms with Crippen LogP contribution in [0.5, 0.6) is 0 Å². The zero-order valence-electron chi connectivity index (χ0n) is 12.6. The number of halogens is 3. The van der Waals surface area contributed by atoms with Crippen LogP contribution in [0.1, 0.15) is 0 Å². The molecule has 0 radical (unpaired) electrons. The van der Waals surface area contributed by atoms with E-state index >= 15 is 0 Å². The van der Waals surface area contributed by atoms with E-state index in [1.165, 1.54) is 18.3 Å². The first-order valence-corrected chi connectivity index (χ1v) is 9.67. The number of pyridine rings is 1. The van der Waals surface area contributed by atoms with Crippen LogP contribution in [0.15, 0.2) is 65.7 Å². The minimum atomic E-state index is -3.85. The lowest BCUT2D eigenvalue weighted by atomic mass is 10.1. The maximum atomic E-state index is 12.6. The Morgan fingerprint density at radius 1 is 0.840 bits per heavy atom. The van der Waals surface area contributed by atoms with E-state index in [-0.39, 0.29) is 10.7 Å². The van der Waals surface area contributed by atoms with Crippen molar-refractivity contribution in [2.24, 2.45) is 0 Å². The van der Waals surface area contributed by atoms with Crippen LogP contribution in [-0.4, -0.2) is 13.4 Å². The van der Waals surface area contributed by atoms with Gasteiger partial charge < -0.3 is 0 Å². The van der Waals surface area contributed by atoms with Crippen molar-refractivity contribution in [3.05, 3.63) is 75.9 Å². The second-order valence-electron chi connectivity index (χ2n) is 5.09. The van der Waals surface area contributed by atoms with Crippen LogP contribution >= 0.6 is 34.8 Å². The van der Waals surface area contributed by atoms with Crippen molar-refractivity contribution in [3.8, 4) is 11.1 Å². The summed E-state index contributed by atoms with van der Waals surface area (Å²) in [5.74, 6) is 0.159. The van der Waals surface area contributed by atoms with Crippen molar-refractivity contribution in [2.45, 2.75) is 4.90 Å². The van der Waals surface area contributed by atoms with Crippen LogP contribution in [0.4, 0.5) is 5.82 Å². The molecule has 1 aromatic heterocycles. The summed E-state index contributed by atoms with van der Waals surface area (Å²) in [5.41, 5.74) is 1.15. The lowest BCUT2D eigenvalue weighted by Gasteiger charge is -2.13. The van der Waals surface area contributed by atoms with Crippen LogP contribution in [0, 0.1) is 0 Å². The molecule has 3 aromatic rings. The average Bonchev–Trinajstić information content (AvgIpc) is 2.55. The standard InChI is InChI=1S/C17H11Cl3N2O2S/c18-11-3-1-4-13(9-11)25(23,24)22-17-15(5-2-8-21-17)14-7-6-12(19)10-16(14)20/h1-10H,(H,21,22). The molecule has 1 heterocycles. The van der Waals surface area contributed by atoms with Gasteiger partial charge in [0.15, 0.2) is 0 Å². The number of hydrogen-bond donors (Lipinski definition) is 1. The molecule has 0 aliphatic rings. The Morgan fingerprint density at radius 3 is 2.32 bits per heavy atom. The molecule has 8 heteroatoms. The third-order valence-electron chi connectivity index (χ3n) is 3.37. The molecular formula is C17H11Cl3N2O2S. The van der Waals surface area contributed by atoms with Gasteiger partial charge in [0, 0.05) is 27.4 Å². The molecule has 4 nitrogen and oxygen atoms in total. The second-order valence-corrected chi connectivity index (χ2v) is 8.05. The van der Waals surface area contributed by atoms with Crippen molar-refractivity contribution >= 4 is 50.6 Å². The maximum Gasteiger partial charge on any atom is 0.263 e. The summed E-state index contributed by atoms with van der Waals surface area (Å²) in [6.07, 6.45) is 1.49. The number of aromatic nitrogens is 1. The molecule has 0 saturated heterocycles. The Bertz CT molecular complexity index is 1040. The molecule has 0 saturated carbocycles. The molecule has 0 aliphatic heterocycles. The third kappa shape index (κ3) is 4.07. The molecule has 0 spiro atoms. The first kappa shape index (κ1) is 18.0. The third-order valence-corrected chi connectivity index (χ3v) is 5.49. The molecule has 0 unspecified atom stereocenters. The number of benzene rings is 2. The minimum absolute atomic E-state index is 0.0406. The van der Waals surface area contributed by atoms with E-state index < -0.39 is 10.0 Å². The number of nitrogens with zero attached hydrogens (tertiary/aromatic N) is 1. The number of sulfonamides is 1. The van der Waals surface area contributed by atoms with Crippen LogP contribution in [0.3, 0.4) is 0 Å². The molecule has 0 fully saturated rings. The molecule has 25 heavy (non-hydrogen) atoms. The summed E-state index contributed by atoms with van der Waals surface area (Å²) in [4.78, 5) is 4.18. The van der Waals surface area contributed by atoms with Gasteiger partial charge in [-0.05, 0) is 42.5 Å². The Balaban J connectivity index is 2.05. The Hall–Kier alpha value is -1.79. The Morgan fingerprint density at radius 2 is 1.60 bits per heavy atom. The molecule has 1 N–H and O–H groups in total. The molecule has 0 bridgehead atoms. The Kier molecular flexibility index (Phi) is 5.20. The SMILES string of the molecule is O=S(=O)(Nc1ncccc1-c1ccc(Cl)cc1Cl)c1cccc(Cl)c1. The largest absolute Gasteiger partial charge is 0.263 e. The topological polar surface area (TPSA) is 59.1 Å². The summed E-state index contributed by atoms with van der Waals surface area (Å²) in [6, 6.07) is 14.3. The fourth-order valence-electron chi connectivity index (χ4n) is 2.23. The predicted octanol–water partition coefficient (Wildman–Crippen LogP) is 5.51. The van der Waals surface area contributed by atoms with Crippen molar-refractivity contribution in [1.82, 2.24) is 4.98 Å². The average molecular weight is 414 g/mol. The maximum absolute atomic E-state index is 12.6. The van der Waals surface area contributed by atoms with E-state index in [1.54, 1.807) is 42.5 Å². The van der Waals surface area contributed by atoms with E-state index in [2.05, 4.69) is 9.71 Å². The quantitative estimate of drug-likeness (QED) is 0.613. The van der Waals surface area contributed by atoms with E-state index in [4.69, 9.17) is 34.8 Å². The van der Waals surface area contributed by atoms with E-state index in [0.29, 0.717) is 26.2 Å². The first-order chi connectivity index (χ1) is 11.9. The van der Waals surface area contributed by atoms with E-state index in [0.717, 1.165) is 0 Å². The van der Waals surface area contributed by atoms with Crippen molar-refractivity contribution in [3.63, 3.8) is 0 Å². The normalized spacial score (nSPS) is 11.3. The van der Waals surface area contributed by atoms with Gasteiger partial charge in [-0.2, -0.15) is 0 Å². The number of nitrogens with one attached hydrogen (secondary N) is 1. The predicted molar refractivity (Wildman–Crippen MR) is 102 cm³/mol. The van der Waals surface area contributed by atoms with Gasteiger partial charge in [0.25, 0.3) is 10.0 Å². The van der Waals surface area contributed by atoms with Gasteiger partial charge in [0.2, 0.25) is 0 Å². The highest BCUT2D eigenvalue weighted by atomic mass is 35.5. The van der Waals surface area contributed by atoms with Gasteiger partial charge in [-0.3, -0.25) is 4.72 Å². The van der Waals surface area contributed by atoms with Gasteiger partial charge >= 0.3 is 0 Å². The minimum Gasteiger partial charge on any atom is -0.263 e. The summed E-state index contributed by atoms with van der Waals surface area (Å²) in [7, 11) is -3.85. The molecule has 2 aromatic carbocycles. The lowest BCUT2D eigenvalue weighted by molar-refractivity contribution is 0.601.